The van der Waals surface area contributed by atoms with Crippen LogP contribution in [0.25, 0.3) is 0 Å². The van der Waals surface area contributed by atoms with Crippen molar-refractivity contribution in [1.29, 1.82) is 0 Å². The SMILES string of the molecule is COC[C@H](NC(=O)C(F)(F)c1cccc(Cl)c1)C(=O)N[C@H](C(=O)N[C@H](C(=O)C(F)(F)F)C(C)C)c1ccc(OC)cc1. The van der Waals surface area contributed by atoms with Gasteiger partial charge in [0.25, 0.3) is 11.7 Å². The van der Waals surface area contributed by atoms with Crippen LogP contribution in [-0.4, -0.2) is 62.6 Å². The van der Waals surface area contributed by atoms with Gasteiger partial charge in [-0.05, 0) is 35.7 Å². The van der Waals surface area contributed by atoms with Gasteiger partial charge in [0.2, 0.25) is 11.8 Å². The van der Waals surface area contributed by atoms with Crippen molar-refractivity contribution in [2.45, 2.75) is 44.1 Å². The van der Waals surface area contributed by atoms with Crippen LogP contribution in [-0.2, 0) is 29.8 Å². The Bertz CT molecular complexity index is 1270. The lowest BCUT2D eigenvalue weighted by Gasteiger charge is -2.27. The molecule has 0 radical (unpaired) electrons. The van der Waals surface area contributed by atoms with Crippen LogP contribution < -0.4 is 20.7 Å². The van der Waals surface area contributed by atoms with Crippen LogP contribution in [0.1, 0.15) is 31.0 Å². The minimum Gasteiger partial charge on any atom is -0.497 e. The fraction of sp³-hybridized carbons (Fsp3) is 0.407. The Hall–Kier alpha value is -3.78. The third kappa shape index (κ3) is 8.86. The van der Waals surface area contributed by atoms with Gasteiger partial charge in [-0.2, -0.15) is 22.0 Å². The molecule has 3 atom stereocenters. The van der Waals surface area contributed by atoms with Gasteiger partial charge < -0.3 is 25.4 Å². The van der Waals surface area contributed by atoms with Crippen molar-refractivity contribution < 1.29 is 50.6 Å². The number of methoxy groups -OCH3 is 2. The number of carbonyl (C=O) groups is 4. The monoisotopic (exact) mass is 621 g/mol. The molecule has 0 aromatic heterocycles. The zero-order valence-corrected chi connectivity index (χ0v) is 23.6. The van der Waals surface area contributed by atoms with Crippen LogP contribution >= 0.6 is 11.6 Å². The molecule has 0 heterocycles. The number of benzene rings is 2. The van der Waals surface area contributed by atoms with Crippen LogP contribution in [0.4, 0.5) is 22.0 Å². The summed E-state index contributed by atoms with van der Waals surface area (Å²) in [6.45, 7) is 1.93. The molecule has 0 spiro atoms. The summed E-state index contributed by atoms with van der Waals surface area (Å²) in [5.74, 6) is -11.3. The van der Waals surface area contributed by atoms with E-state index in [2.05, 4.69) is 5.32 Å². The second-order valence-electron chi connectivity index (χ2n) is 9.37. The maximum atomic E-state index is 14.9. The third-order valence-electron chi connectivity index (χ3n) is 5.95. The number of ether oxygens (including phenoxy) is 2. The van der Waals surface area contributed by atoms with Gasteiger partial charge in [-0.3, -0.25) is 19.2 Å². The maximum absolute atomic E-state index is 14.9. The van der Waals surface area contributed by atoms with Gasteiger partial charge in [0.15, 0.2) is 0 Å². The molecular weight excluding hydrogens is 593 g/mol. The Kier molecular flexibility index (Phi) is 11.8. The molecule has 9 nitrogen and oxygen atoms in total. The van der Waals surface area contributed by atoms with Gasteiger partial charge in [0.05, 0.1) is 19.8 Å². The summed E-state index contributed by atoms with van der Waals surface area (Å²) < 4.78 is 79.2. The molecule has 0 aliphatic heterocycles. The van der Waals surface area contributed by atoms with Gasteiger partial charge in [-0.1, -0.05) is 49.7 Å². The van der Waals surface area contributed by atoms with E-state index < -0.39 is 71.8 Å². The van der Waals surface area contributed by atoms with Crippen LogP contribution in [0, 0.1) is 5.92 Å². The summed E-state index contributed by atoms with van der Waals surface area (Å²) in [5.41, 5.74) is -0.719. The molecule has 0 saturated carbocycles. The molecule has 2 rings (SSSR count). The number of hydrogen-bond donors (Lipinski definition) is 3. The highest BCUT2D eigenvalue weighted by atomic mass is 35.5. The Morgan fingerprint density at radius 1 is 0.881 bits per heavy atom. The van der Waals surface area contributed by atoms with Crippen molar-refractivity contribution in [1.82, 2.24) is 16.0 Å². The van der Waals surface area contributed by atoms with Gasteiger partial charge in [-0.25, -0.2) is 0 Å². The number of ketones is 1. The predicted octanol–water partition coefficient (Wildman–Crippen LogP) is 3.70. The van der Waals surface area contributed by atoms with Gasteiger partial charge in [0.1, 0.15) is 17.8 Å². The van der Waals surface area contributed by atoms with Gasteiger partial charge in [-0.15, -0.1) is 0 Å². The largest absolute Gasteiger partial charge is 0.497 e. The van der Waals surface area contributed by atoms with Crippen molar-refractivity contribution in [2.24, 2.45) is 5.92 Å². The van der Waals surface area contributed by atoms with Gasteiger partial charge >= 0.3 is 12.1 Å². The predicted molar refractivity (Wildman–Crippen MR) is 141 cm³/mol. The van der Waals surface area contributed by atoms with E-state index in [-0.39, 0.29) is 10.6 Å². The summed E-state index contributed by atoms with van der Waals surface area (Å²) >= 11 is 5.75. The molecule has 15 heteroatoms. The molecule has 0 aliphatic rings. The maximum Gasteiger partial charge on any atom is 0.452 e. The van der Waals surface area contributed by atoms with Crippen LogP contribution in [0.15, 0.2) is 48.5 Å². The number of rotatable bonds is 13. The van der Waals surface area contributed by atoms with Crippen molar-refractivity contribution in [3.63, 3.8) is 0 Å². The molecule has 0 saturated heterocycles. The lowest BCUT2D eigenvalue weighted by atomic mass is 9.97. The van der Waals surface area contributed by atoms with E-state index in [4.69, 9.17) is 21.1 Å². The fourth-order valence-electron chi connectivity index (χ4n) is 3.70. The molecule has 3 amide bonds. The summed E-state index contributed by atoms with van der Waals surface area (Å²) in [4.78, 5) is 50.9. The number of halogens is 6. The number of carbonyl (C=O) groups excluding carboxylic acids is 4. The van der Waals surface area contributed by atoms with Gasteiger partial charge in [0, 0.05) is 17.7 Å². The Morgan fingerprint density at radius 2 is 1.50 bits per heavy atom. The molecule has 0 fully saturated rings. The fourth-order valence-corrected chi connectivity index (χ4v) is 3.89. The molecule has 0 aliphatic carbocycles. The lowest BCUT2D eigenvalue weighted by molar-refractivity contribution is -0.175. The number of nitrogens with one attached hydrogen (secondary N) is 3. The second-order valence-corrected chi connectivity index (χ2v) is 9.81. The van der Waals surface area contributed by atoms with Crippen LogP contribution in [0.5, 0.6) is 5.75 Å². The Morgan fingerprint density at radius 3 is 2.00 bits per heavy atom. The molecule has 0 bridgehead atoms. The van der Waals surface area contributed by atoms with E-state index in [9.17, 15) is 41.1 Å². The first-order chi connectivity index (χ1) is 19.5. The zero-order valence-electron chi connectivity index (χ0n) is 22.9. The van der Waals surface area contributed by atoms with Crippen molar-refractivity contribution in [3.8, 4) is 5.75 Å². The normalized spacial score (nSPS) is 14.0. The quantitative estimate of drug-likeness (QED) is 0.293. The first-order valence-corrected chi connectivity index (χ1v) is 12.7. The van der Waals surface area contributed by atoms with E-state index in [1.165, 1.54) is 57.4 Å². The Labute approximate surface area is 243 Å². The number of amides is 3. The summed E-state index contributed by atoms with van der Waals surface area (Å²) in [6.07, 6.45) is -5.26. The second kappa shape index (κ2) is 14.4. The number of alkyl halides is 5. The third-order valence-corrected chi connectivity index (χ3v) is 6.19. The van der Waals surface area contributed by atoms with E-state index in [1.807, 2.05) is 10.6 Å². The van der Waals surface area contributed by atoms with E-state index in [1.54, 1.807) is 0 Å². The molecule has 230 valence electrons. The average molecular weight is 622 g/mol. The first kappa shape index (κ1) is 34.4. The minimum absolute atomic E-state index is 0.0374. The Balaban J connectivity index is 2.38. The van der Waals surface area contributed by atoms with Crippen molar-refractivity contribution in [3.05, 3.63) is 64.7 Å². The summed E-state index contributed by atoms with van der Waals surface area (Å²) in [6, 6.07) is 4.24. The molecular formula is C27H29ClF5N3O6. The minimum atomic E-state index is -5.26. The van der Waals surface area contributed by atoms with E-state index in [0.717, 1.165) is 19.2 Å². The first-order valence-electron chi connectivity index (χ1n) is 12.3. The standard InChI is InChI=1S/C27H29ClF5N3O6/c1-14(2)20(22(37)27(31,32)33)35-24(39)21(15-8-10-18(42-4)11-9-15)36-23(38)19(13-41-3)34-25(40)26(29,30)16-6-5-7-17(28)12-16/h5-12,14,19-21H,13H2,1-4H3,(H,34,40)(H,35,39)(H,36,38)/t19-,20-,21-/m0/s1. The highest BCUT2D eigenvalue weighted by molar-refractivity contribution is 6.30. The molecule has 3 N–H and O–H groups in total. The average Bonchev–Trinajstić information content (AvgIpc) is 2.93. The van der Waals surface area contributed by atoms with Crippen LogP contribution in [0.2, 0.25) is 5.02 Å². The molecule has 2 aromatic carbocycles. The van der Waals surface area contributed by atoms with Crippen molar-refractivity contribution in [2.75, 3.05) is 20.8 Å². The molecule has 2 aromatic rings. The summed E-state index contributed by atoms with van der Waals surface area (Å²) in [5, 5.41) is 6.05. The highest BCUT2D eigenvalue weighted by Crippen LogP contribution is 2.30. The van der Waals surface area contributed by atoms with Crippen LogP contribution in [0.3, 0.4) is 0 Å². The highest BCUT2D eigenvalue weighted by Gasteiger charge is 2.46. The number of hydrogen-bond acceptors (Lipinski definition) is 6. The number of Topliss-reactive ketones (excluding diaryl/α,β-unsaturated/α-hetero) is 1. The van der Waals surface area contributed by atoms with E-state index >= 15 is 0 Å². The lowest BCUT2D eigenvalue weighted by Crippen LogP contribution is -2.56. The van der Waals surface area contributed by atoms with Crippen molar-refractivity contribution >= 4 is 35.1 Å². The summed E-state index contributed by atoms with van der Waals surface area (Å²) in [7, 11) is 2.47. The van der Waals surface area contributed by atoms with E-state index in [0.29, 0.717) is 5.75 Å². The molecule has 0 unspecified atom stereocenters. The topological polar surface area (TPSA) is 123 Å². The smallest absolute Gasteiger partial charge is 0.452 e. The molecule has 42 heavy (non-hydrogen) atoms. The zero-order chi connectivity index (χ0) is 31.8.